The number of nitrogens with zero attached hydrogens (tertiary/aromatic N) is 4. The van der Waals surface area contributed by atoms with Gasteiger partial charge < -0.3 is 19.5 Å². The lowest BCUT2D eigenvalue weighted by atomic mass is 9.96. The van der Waals surface area contributed by atoms with Crippen LogP contribution in [0.2, 0.25) is 0 Å². The third kappa shape index (κ3) is 5.19. The van der Waals surface area contributed by atoms with Gasteiger partial charge in [-0.15, -0.1) is 0 Å². The number of nitrogens with one attached hydrogen (secondary N) is 2. The Morgan fingerprint density at radius 1 is 1.05 bits per heavy atom. The van der Waals surface area contributed by atoms with E-state index in [1.165, 1.54) is 7.11 Å². The molecule has 0 spiro atoms. The Bertz CT molecular complexity index is 1640. The number of pyridine rings is 2. The van der Waals surface area contributed by atoms with Gasteiger partial charge in [-0.1, -0.05) is 12.1 Å². The SMILES string of the molecule is COc1ccc(N2C(=S)N[C@@H](c3ccccn3)[C@H]2c2cc(C)n(-c3ccc(C)cn3)c2C)cc1NS(C)(=O)=O. The monoisotopic (exact) mass is 562 g/mol. The molecule has 4 heterocycles. The second-order valence-electron chi connectivity index (χ2n) is 9.61. The van der Waals surface area contributed by atoms with E-state index in [9.17, 15) is 8.42 Å². The molecule has 3 aromatic heterocycles. The topological polar surface area (TPSA) is 101 Å². The molecule has 1 aliphatic rings. The van der Waals surface area contributed by atoms with Gasteiger partial charge in [0.25, 0.3) is 0 Å². The zero-order valence-electron chi connectivity index (χ0n) is 22.3. The van der Waals surface area contributed by atoms with E-state index in [0.29, 0.717) is 22.2 Å². The minimum absolute atomic E-state index is 0.257. The van der Waals surface area contributed by atoms with Crippen molar-refractivity contribution in [2.24, 2.45) is 0 Å². The number of aryl methyl sites for hydroxylation is 2. The first-order chi connectivity index (χ1) is 18.6. The number of methoxy groups -OCH3 is 1. The van der Waals surface area contributed by atoms with Gasteiger partial charge in [0.2, 0.25) is 10.0 Å². The number of benzene rings is 1. The van der Waals surface area contributed by atoms with Crippen molar-refractivity contribution in [3.63, 3.8) is 0 Å². The lowest BCUT2D eigenvalue weighted by Crippen LogP contribution is -2.29. The molecule has 0 bridgehead atoms. The number of hydrogen-bond donors (Lipinski definition) is 2. The molecule has 39 heavy (non-hydrogen) atoms. The van der Waals surface area contributed by atoms with Gasteiger partial charge in [0.15, 0.2) is 5.11 Å². The quantitative estimate of drug-likeness (QED) is 0.311. The van der Waals surface area contributed by atoms with Crippen molar-refractivity contribution >= 4 is 38.7 Å². The number of rotatable bonds is 7. The largest absolute Gasteiger partial charge is 0.495 e. The summed E-state index contributed by atoms with van der Waals surface area (Å²) in [4.78, 5) is 11.3. The van der Waals surface area contributed by atoms with Crippen molar-refractivity contribution in [1.82, 2.24) is 19.9 Å². The minimum Gasteiger partial charge on any atom is -0.495 e. The van der Waals surface area contributed by atoms with E-state index >= 15 is 0 Å². The Labute approximate surface area is 233 Å². The van der Waals surface area contributed by atoms with Gasteiger partial charge in [0, 0.05) is 29.5 Å². The number of aromatic nitrogens is 3. The summed E-state index contributed by atoms with van der Waals surface area (Å²) in [5.74, 6) is 1.24. The molecule has 1 aromatic carbocycles. The predicted molar refractivity (Wildman–Crippen MR) is 157 cm³/mol. The fourth-order valence-electron chi connectivity index (χ4n) is 5.11. The molecule has 0 saturated carbocycles. The Hall–Kier alpha value is -3.96. The van der Waals surface area contributed by atoms with Crippen molar-refractivity contribution in [3.05, 3.63) is 95.2 Å². The molecule has 202 valence electrons. The zero-order valence-corrected chi connectivity index (χ0v) is 24.0. The molecule has 1 saturated heterocycles. The van der Waals surface area contributed by atoms with Crippen LogP contribution in [0.5, 0.6) is 5.75 Å². The van der Waals surface area contributed by atoms with Gasteiger partial charge in [0.05, 0.1) is 36.8 Å². The first kappa shape index (κ1) is 26.6. The van der Waals surface area contributed by atoms with Crippen LogP contribution in [-0.2, 0) is 10.0 Å². The van der Waals surface area contributed by atoms with Gasteiger partial charge >= 0.3 is 0 Å². The first-order valence-corrected chi connectivity index (χ1v) is 14.7. The van der Waals surface area contributed by atoms with Gasteiger partial charge in [-0.3, -0.25) is 9.71 Å². The molecular formula is C28H30N6O3S2. The summed E-state index contributed by atoms with van der Waals surface area (Å²) in [6.45, 7) is 6.14. The molecule has 9 nitrogen and oxygen atoms in total. The van der Waals surface area contributed by atoms with Crippen LogP contribution in [0.15, 0.2) is 67.0 Å². The molecule has 0 amide bonds. The molecule has 0 unspecified atom stereocenters. The lowest BCUT2D eigenvalue weighted by molar-refractivity contribution is 0.417. The zero-order chi connectivity index (χ0) is 27.9. The molecular weight excluding hydrogens is 532 g/mol. The highest BCUT2D eigenvalue weighted by Gasteiger charge is 2.42. The smallest absolute Gasteiger partial charge is 0.229 e. The highest BCUT2D eigenvalue weighted by molar-refractivity contribution is 7.92. The molecule has 0 aliphatic carbocycles. The number of ether oxygens (including phenoxy) is 1. The molecule has 1 fully saturated rings. The molecule has 11 heteroatoms. The average Bonchev–Trinajstić information content (AvgIpc) is 3.39. The highest BCUT2D eigenvalue weighted by Crippen LogP contribution is 2.45. The summed E-state index contributed by atoms with van der Waals surface area (Å²) < 4.78 is 34.3. The Balaban J connectivity index is 1.68. The van der Waals surface area contributed by atoms with Crippen molar-refractivity contribution in [2.45, 2.75) is 32.9 Å². The van der Waals surface area contributed by atoms with Crippen molar-refractivity contribution in [2.75, 3.05) is 23.0 Å². The van der Waals surface area contributed by atoms with Crippen LogP contribution < -0.4 is 19.7 Å². The summed E-state index contributed by atoms with van der Waals surface area (Å²) in [5, 5.41) is 3.97. The third-order valence-corrected chi connectivity index (χ3v) is 7.67. The van der Waals surface area contributed by atoms with E-state index in [1.54, 1.807) is 18.3 Å². The Morgan fingerprint density at radius 3 is 2.49 bits per heavy atom. The number of hydrogen-bond acceptors (Lipinski definition) is 6. The molecule has 2 atom stereocenters. The van der Waals surface area contributed by atoms with E-state index in [4.69, 9.17) is 17.0 Å². The fraction of sp³-hybridized carbons (Fsp3) is 0.250. The van der Waals surface area contributed by atoms with Gasteiger partial charge in [-0.25, -0.2) is 13.4 Å². The van der Waals surface area contributed by atoms with Crippen molar-refractivity contribution in [3.8, 4) is 11.6 Å². The maximum atomic E-state index is 12.1. The van der Waals surface area contributed by atoms with E-state index in [2.05, 4.69) is 44.5 Å². The van der Waals surface area contributed by atoms with Gasteiger partial charge in [-0.2, -0.15) is 0 Å². The van der Waals surface area contributed by atoms with Crippen LogP contribution in [0.4, 0.5) is 11.4 Å². The second-order valence-corrected chi connectivity index (χ2v) is 11.7. The van der Waals surface area contributed by atoms with Crippen LogP contribution in [0.3, 0.4) is 0 Å². The Kier molecular flexibility index (Phi) is 7.04. The highest BCUT2D eigenvalue weighted by atomic mass is 32.2. The summed E-state index contributed by atoms with van der Waals surface area (Å²) in [6, 6.07) is 16.8. The number of anilines is 2. The number of thiocarbonyl (C=S) groups is 1. The van der Waals surface area contributed by atoms with E-state index in [0.717, 1.165) is 40.3 Å². The molecule has 4 aromatic rings. The molecule has 5 rings (SSSR count). The predicted octanol–water partition coefficient (Wildman–Crippen LogP) is 4.75. The van der Waals surface area contributed by atoms with E-state index < -0.39 is 10.0 Å². The van der Waals surface area contributed by atoms with Crippen molar-refractivity contribution < 1.29 is 13.2 Å². The maximum absolute atomic E-state index is 12.1. The minimum atomic E-state index is -3.54. The standard InChI is InChI=1S/C28H30N6O3S2/c1-17-9-12-25(30-16-17)33-18(2)14-21(19(33)3)27-26(22-8-6-7-13-29-22)31-28(38)34(27)20-10-11-24(37-4)23(15-20)32-39(5,35)36/h6-16,26-27,32H,1-5H3,(H,31,38)/t26-,27+/m0/s1. The number of sulfonamides is 1. The van der Waals surface area contributed by atoms with Crippen LogP contribution in [0.25, 0.3) is 5.82 Å². The second kappa shape index (κ2) is 10.3. The maximum Gasteiger partial charge on any atom is 0.229 e. The van der Waals surface area contributed by atoms with Crippen molar-refractivity contribution in [1.29, 1.82) is 0 Å². The van der Waals surface area contributed by atoms with Crippen LogP contribution in [0.1, 0.15) is 40.3 Å². The summed E-state index contributed by atoms with van der Waals surface area (Å²) in [5.41, 5.74) is 6.07. The summed E-state index contributed by atoms with van der Waals surface area (Å²) in [6.07, 6.45) is 4.73. The van der Waals surface area contributed by atoms with E-state index in [1.807, 2.05) is 54.4 Å². The average molecular weight is 563 g/mol. The first-order valence-electron chi connectivity index (χ1n) is 12.4. The molecule has 1 aliphatic heterocycles. The summed E-state index contributed by atoms with van der Waals surface area (Å²) >= 11 is 5.88. The molecule has 0 radical (unpaired) electrons. The van der Waals surface area contributed by atoms with Crippen LogP contribution >= 0.6 is 12.2 Å². The third-order valence-electron chi connectivity index (χ3n) is 6.77. The fourth-order valence-corrected chi connectivity index (χ4v) is 6.01. The van der Waals surface area contributed by atoms with Crippen LogP contribution in [0, 0.1) is 20.8 Å². The van der Waals surface area contributed by atoms with Gasteiger partial charge in [-0.05, 0) is 86.6 Å². The van der Waals surface area contributed by atoms with Crippen LogP contribution in [-0.4, -0.2) is 41.4 Å². The normalized spacial score (nSPS) is 17.3. The lowest BCUT2D eigenvalue weighted by Gasteiger charge is -2.29. The molecule has 2 N–H and O–H groups in total. The summed E-state index contributed by atoms with van der Waals surface area (Å²) in [7, 11) is -2.04. The van der Waals surface area contributed by atoms with Gasteiger partial charge in [0.1, 0.15) is 11.6 Å². The Morgan fingerprint density at radius 2 is 1.85 bits per heavy atom. The van der Waals surface area contributed by atoms with E-state index in [-0.39, 0.29) is 12.1 Å².